The van der Waals surface area contributed by atoms with Crippen molar-refractivity contribution in [1.82, 2.24) is 5.32 Å². The maximum absolute atomic E-state index is 12.1. The van der Waals surface area contributed by atoms with Crippen LogP contribution in [0, 0.1) is 0 Å². The van der Waals surface area contributed by atoms with Gasteiger partial charge in [-0.25, -0.2) is 8.42 Å². The first-order valence-corrected chi connectivity index (χ1v) is 9.32. The molecule has 1 amide bonds. The van der Waals surface area contributed by atoms with Crippen molar-refractivity contribution >= 4 is 31.7 Å². The maximum atomic E-state index is 12.1. The summed E-state index contributed by atoms with van der Waals surface area (Å²) in [7, 11) is -3.42. The van der Waals surface area contributed by atoms with Crippen molar-refractivity contribution in [3.63, 3.8) is 0 Å². The van der Waals surface area contributed by atoms with Crippen LogP contribution >= 0.6 is 15.9 Å². The summed E-state index contributed by atoms with van der Waals surface area (Å²) >= 11 is 3.37. The molecule has 0 saturated carbocycles. The molecule has 1 N–H and O–H groups in total. The third kappa shape index (κ3) is 5.11. The van der Waals surface area contributed by atoms with E-state index in [0.29, 0.717) is 6.42 Å². The standard InChI is InChI=1S/C15H22BrNO3S/c1-10(2)21(19,20)12(4)15(18)17-11(3)9-13-5-7-14(16)8-6-13/h5-8,10-12H,9H2,1-4H3,(H,17,18). The second kappa shape index (κ2) is 7.40. The molecule has 0 bridgehead atoms. The molecule has 0 radical (unpaired) electrons. The number of sulfone groups is 1. The topological polar surface area (TPSA) is 63.2 Å². The van der Waals surface area contributed by atoms with Crippen molar-refractivity contribution in [1.29, 1.82) is 0 Å². The Bertz CT molecular complexity index is 581. The van der Waals surface area contributed by atoms with E-state index in [4.69, 9.17) is 0 Å². The van der Waals surface area contributed by atoms with Gasteiger partial charge in [0.15, 0.2) is 9.84 Å². The molecule has 118 valence electrons. The van der Waals surface area contributed by atoms with Crippen molar-refractivity contribution in [3.05, 3.63) is 34.3 Å². The highest BCUT2D eigenvalue weighted by atomic mass is 79.9. The van der Waals surface area contributed by atoms with Crippen LogP contribution in [0.25, 0.3) is 0 Å². The molecule has 0 aliphatic heterocycles. The van der Waals surface area contributed by atoms with Crippen molar-refractivity contribution in [2.24, 2.45) is 0 Å². The first kappa shape index (κ1) is 18.2. The monoisotopic (exact) mass is 375 g/mol. The first-order valence-electron chi connectivity index (χ1n) is 6.92. The Hall–Kier alpha value is -0.880. The van der Waals surface area contributed by atoms with Gasteiger partial charge >= 0.3 is 0 Å². The second-order valence-corrected chi connectivity index (χ2v) is 9.26. The highest BCUT2D eigenvalue weighted by molar-refractivity contribution is 9.10. The molecule has 21 heavy (non-hydrogen) atoms. The summed E-state index contributed by atoms with van der Waals surface area (Å²) < 4.78 is 25.0. The largest absolute Gasteiger partial charge is 0.352 e. The SMILES string of the molecule is CC(Cc1ccc(Br)cc1)NC(=O)C(C)S(=O)(=O)C(C)C. The first-order chi connectivity index (χ1) is 9.64. The lowest BCUT2D eigenvalue weighted by atomic mass is 10.1. The summed E-state index contributed by atoms with van der Waals surface area (Å²) in [5.74, 6) is -0.437. The zero-order valence-corrected chi connectivity index (χ0v) is 15.2. The van der Waals surface area contributed by atoms with Gasteiger partial charge < -0.3 is 5.32 Å². The highest BCUT2D eigenvalue weighted by Crippen LogP contribution is 2.13. The Kier molecular flexibility index (Phi) is 6.41. The Morgan fingerprint density at radius 2 is 1.67 bits per heavy atom. The number of nitrogens with one attached hydrogen (secondary N) is 1. The van der Waals surface area contributed by atoms with Crippen molar-refractivity contribution in [3.8, 4) is 0 Å². The average Bonchev–Trinajstić information content (AvgIpc) is 2.40. The zero-order chi connectivity index (χ0) is 16.2. The van der Waals surface area contributed by atoms with Gasteiger partial charge in [0.1, 0.15) is 5.25 Å². The molecule has 2 unspecified atom stereocenters. The normalized spacial score (nSPS) is 14.8. The third-order valence-electron chi connectivity index (χ3n) is 3.36. The van der Waals surface area contributed by atoms with Crippen LogP contribution in [0.1, 0.15) is 33.3 Å². The van der Waals surface area contributed by atoms with E-state index < -0.39 is 26.2 Å². The van der Waals surface area contributed by atoms with Crippen molar-refractivity contribution in [2.45, 2.75) is 50.7 Å². The minimum atomic E-state index is -3.42. The van der Waals surface area contributed by atoms with E-state index in [-0.39, 0.29) is 6.04 Å². The van der Waals surface area contributed by atoms with Gasteiger partial charge in [-0.2, -0.15) is 0 Å². The molecule has 6 heteroatoms. The van der Waals surface area contributed by atoms with E-state index in [2.05, 4.69) is 21.2 Å². The van der Waals surface area contributed by atoms with Crippen LogP contribution in [-0.4, -0.2) is 30.9 Å². The van der Waals surface area contributed by atoms with Gasteiger partial charge in [-0.05, 0) is 51.8 Å². The lowest BCUT2D eigenvalue weighted by Gasteiger charge is -2.19. The number of amides is 1. The molecule has 1 aromatic carbocycles. The highest BCUT2D eigenvalue weighted by Gasteiger charge is 2.31. The van der Waals surface area contributed by atoms with E-state index in [0.717, 1.165) is 10.0 Å². The summed E-state index contributed by atoms with van der Waals surface area (Å²) in [5, 5.41) is 1.20. The fraction of sp³-hybridized carbons (Fsp3) is 0.533. The molecule has 0 fully saturated rings. The second-order valence-electron chi connectivity index (χ2n) is 5.52. The summed E-state index contributed by atoms with van der Waals surface area (Å²) in [4.78, 5) is 12.1. The summed E-state index contributed by atoms with van der Waals surface area (Å²) in [5.41, 5.74) is 1.09. The molecule has 0 aromatic heterocycles. The van der Waals surface area contributed by atoms with E-state index in [1.807, 2.05) is 31.2 Å². The maximum Gasteiger partial charge on any atom is 0.238 e. The van der Waals surface area contributed by atoms with Crippen LogP contribution in [-0.2, 0) is 21.1 Å². The van der Waals surface area contributed by atoms with E-state index in [1.165, 1.54) is 6.92 Å². The number of carbonyl (C=O) groups excluding carboxylic acids is 1. The number of rotatable bonds is 6. The Morgan fingerprint density at radius 1 is 1.14 bits per heavy atom. The minimum Gasteiger partial charge on any atom is -0.352 e. The molecule has 2 atom stereocenters. The molecule has 0 saturated heterocycles. The van der Waals surface area contributed by atoms with Crippen molar-refractivity contribution < 1.29 is 13.2 Å². The number of halogens is 1. The van der Waals surface area contributed by atoms with Crippen LogP contribution in [0.5, 0.6) is 0 Å². The van der Waals surface area contributed by atoms with Crippen LogP contribution in [0.2, 0.25) is 0 Å². The number of carbonyl (C=O) groups is 1. The van der Waals surface area contributed by atoms with Crippen molar-refractivity contribution in [2.75, 3.05) is 0 Å². The lowest BCUT2D eigenvalue weighted by molar-refractivity contribution is -0.121. The van der Waals surface area contributed by atoms with Gasteiger partial charge in [0.05, 0.1) is 5.25 Å². The van der Waals surface area contributed by atoms with Crippen LogP contribution in [0.15, 0.2) is 28.7 Å². The fourth-order valence-electron chi connectivity index (χ4n) is 1.94. The van der Waals surface area contributed by atoms with Gasteiger partial charge in [-0.15, -0.1) is 0 Å². The van der Waals surface area contributed by atoms with E-state index in [9.17, 15) is 13.2 Å². The fourth-order valence-corrected chi connectivity index (χ4v) is 3.39. The zero-order valence-electron chi connectivity index (χ0n) is 12.8. The molecule has 0 aliphatic carbocycles. The molecule has 0 spiro atoms. The third-order valence-corrected chi connectivity index (χ3v) is 6.41. The lowest BCUT2D eigenvalue weighted by Crippen LogP contribution is -2.44. The van der Waals surface area contributed by atoms with Crippen LogP contribution in [0.3, 0.4) is 0 Å². The molecule has 1 rings (SSSR count). The van der Waals surface area contributed by atoms with Gasteiger partial charge in [0, 0.05) is 10.5 Å². The minimum absolute atomic E-state index is 0.122. The molecule has 1 aromatic rings. The van der Waals surface area contributed by atoms with E-state index in [1.54, 1.807) is 13.8 Å². The summed E-state index contributed by atoms with van der Waals surface area (Å²) in [6.45, 7) is 6.49. The number of hydrogen-bond donors (Lipinski definition) is 1. The predicted molar refractivity (Wildman–Crippen MR) is 89.0 cm³/mol. The Labute approximate surface area is 135 Å². The van der Waals surface area contributed by atoms with Gasteiger partial charge in [0.25, 0.3) is 0 Å². The summed E-state index contributed by atoms with van der Waals surface area (Å²) in [6, 6.07) is 7.71. The van der Waals surface area contributed by atoms with Gasteiger partial charge in [-0.1, -0.05) is 28.1 Å². The summed E-state index contributed by atoms with van der Waals surface area (Å²) in [6.07, 6.45) is 0.660. The van der Waals surface area contributed by atoms with Crippen LogP contribution < -0.4 is 5.32 Å². The molecule has 0 aliphatic rings. The predicted octanol–water partition coefficient (Wildman–Crippen LogP) is 2.71. The molecular weight excluding hydrogens is 354 g/mol. The smallest absolute Gasteiger partial charge is 0.238 e. The van der Waals surface area contributed by atoms with Gasteiger partial charge in [0.2, 0.25) is 5.91 Å². The number of hydrogen-bond acceptors (Lipinski definition) is 3. The average molecular weight is 376 g/mol. The molecule has 0 heterocycles. The van der Waals surface area contributed by atoms with Gasteiger partial charge in [-0.3, -0.25) is 4.79 Å². The molecular formula is C15H22BrNO3S. The Morgan fingerprint density at radius 3 is 2.14 bits per heavy atom. The quantitative estimate of drug-likeness (QED) is 0.831. The molecule has 4 nitrogen and oxygen atoms in total. The van der Waals surface area contributed by atoms with Crippen LogP contribution in [0.4, 0.5) is 0 Å². The number of benzene rings is 1. The Balaban J connectivity index is 2.64. The van der Waals surface area contributed by atoms with E-state index >= 15 is 0 Å².